The molecule has 0 aliphatic heterocycles. The van der Waals surface area contributed by atoms with E-state index in [4.69, 9.17) is 5.73 Å². The number of rotatable bonds is 3. The minimum Gasteiger partial charge on any atom is -0.397 e. The van der Waals surface area contributed by atoms with Crippen LogP contribution in [0.5, 0.6) is 0 Å². The second-order valence-electron chi connectivity index (χ2n) is 5.16. The number of nitrogen functional groups attached to an aromatic ring is 1. The highest BCUT2D eigenvalue weighted by Gasteiger charge is 2.19. The van der Waals surface area contributed by atoms with E-state index in [9.17, 15) is 4.79 Å². The van der Waals surface area contributed by atoms with Gasteiger partial charge in [-0.05, 0) is 31.9 Å². The van der Waals surface area contributed by atoms with E-state index < -0.39 is 0 Å². The lowest BCUT2D eigenvalue weighted by Crippen LogP contribution is -2.35. The van der Waals surface area contributed by atoms with E-state index in [1.165, 1.54) is 11.3 Å². The zero-order chi connectivity index (χ0) is 14.2. The number of pyridine rings is 1. The number of nitrogens with zero attached hydrogens (tertiary/aromatic N) is 1. The molecule has 0 radical (unpaired) electrons. The molecule has 0 saturated heterocycles. The molecule has 0 aliphatic rings. The van der Waals surface area contributed by atoms with Crippen molar-refractivity contribution >= 4 is 33.1 Å². The van der Waals surface area contributed by atoms with Crippen molar-refractivity contribution in [2.75, 3.05) is 5.73 Å². The number of nitrogens with one attached hydrogen (secondary N) is 1. The predicted octanol–water partition coefficient (Wildman–Crippen LogP) is 2.96. The molecule has 5 heteroatoms. The molecule has 2 aromatic rings. The molecule has 102 valence electrons. The van der Waals surface area contributed by atoms with Crippen molar-refractivity contribution in [3.63, 3.8) is 0 Å². The summed E-state index contributed by atoms with van der Waals surface area (Å²) < 4.78 is 0. The van der Waals surface area contributed by atoms with Gasteiger partial charge in [-0.25, -0.2) is 4.98 Å². The Labute approximate surface area is 117 Å². The van der Waals surface area contributed by atoms with Gasteiger partial charge >= 0.3 is 0 Å². The minimum atomic E-state index is -0.112. The van der Waals surface area contributed by atoms with Gasteiger partial charge in [0.15, 0.2) is 0 Å². The molecule has 0 bridgehead atoms. The molecular weight excluding hydrogens is 258 g/mol. The molecule has 0 spiro atoms. The Morgan fingerprint density at radius 2 is 2.05 bits per heavy atom. The summed E-state index contributed by atoms with van der Waals surface area (Å²) in [6, 6.07) is 3.95. The van der Waals surface area contributed by atoms with Crippen molar-refractivity contribution in [1.29, 1.82) is 0 Å². The Bertz CT molecular complexity index is 618. The van der Waals surface area contributed by atoms with Crippen LogP contribution in [0.15, 0.2) is 12.1 Å². The van der Waals surface area contributed by atoms with Gasteiger partial charge in [0, 0.05) is 17.1 Å². The van der Waals surface area contributed by atoms with Crippen LogP contribution in [0.2, 0.25) is 0 Å². The van der Waals surface area contributed by atoms with E-state index in [1.807, 2.05) is 26.0 Å². The zero-order valence-electron chi connectivity index (χ0n) is 11.7. The van der Waals surface area contributed by atoms with Crippen molar-refractivity contribution in [2.24, 2.45) is 5.92 Å². The summed E-state index contributed by atoms with van der Waals surface area (Å²) in [6.07, 6.45) is 0. The second kappa shape index (κ2) is 5.17. The van der Waals surface area contributed by atoms with E-state index >= 15 is 0 Å². The van der Waals surface area contributed by atoms with Crippen molar-refractivity contribution in [2.45, 2.75) is 33.7 Å². The maximum absolute atomic E-state index is 12.2. The van der Waals surface area contributed by atoms with E-state index in [-0.39, 0.29) is 11.9 Å². The van der Waals surface area contributed by atoms with E-state index in [2.05, 4.69) is 24.1 Å². The lowest BCUT2D eigenvalue weighted by atomic mass is 10.1. The normalized spacial score (nSPS) is 12.9. The number of anilines is 1. The van der Waals surface area contributed by atoms with Crippen LogP contribution in [0.25, 0.3) is 10.2 Å². The fourth-order valence-electron chi connectivity index (χ4n) is 1.70. The lowest BCUT2D eigenvalue weighted by molar-refractivity contribution is 0.0935. The van der Waals surface area contributed by atoms with Crippen molar-refractivity contribution in [1.82, 2.24) is 10.3 Å². The molecule has 1 unspecified atom stereocenters. The predicted molar refractivity (Wildman–Crippen MR) is 80.5 cm³/mol. The summed E-state index contributed by atoms with van der Waals surface area (Å²) >= 11 is 1.35. The average molecular weight is 277 g/mol. The molecule has 1 amide bonds. The zero-order valence-corrected chi connectivity index (χ0v) is 12.5. The number of amides is 1. The van der Waals surface area contributed by atoms with Crippen LogP contribution in [0.3, 0.4) is 0 Å². The third-order valence-electron chi connectivity index (χ3n) is 3.30. The molecule has 0 fully saturated rings. The summed E-state index contributed by atoms with van der Waals surface area (Å²) in [5.74, 6) is 0.277. The monoisotopic (exact) mass is 277 g/mol. The first-order valence-corrected chi connectivity index (χ1v) is 7.18. The smallest absolute Gasteiger partial charge is 0.263 e. The van der Waals surface area contributed by atoms with Gasteiger partial charge in [-0.1, -0.05) is 13.8 Å². The van der Waals surface area contributed by atoms with Crippen LogP contribution >= 0.6 is 11.3 Å². The van der Waals surface area contributed by atoms with E-state index in [0.29, 0.717) is 16.5 Å². The highest BCUT2D eigenvalue weighted by molar-refractivity contribution is 7.21. The Balaban J connectivity index is 2.35. The largest absolute Gasteiger partial charge is 0.397 e. The molecule has 2 aromatic heterocycles. The first-order chi connectivity index (χ1) is 8.90. The number of aromatic nitrogens is 1. The first-order valence-electron chi connectivity index (χ1n) is 6.36. The minimum absolute atomic E-state index is 0.112. The maximum atomic E-state index is 12.2. The Morgan fingerprint density at radius 3 is 2.68 bits per heavy atom. The Hall–Kier alpha value is -1.62. The van der Waals surface area contributed by atoms with Crippen LogP contribution in [0.1, 0.15) is 36.1 Å². The third kappa shape index (κ3) is 2.71. The number of aryl methyl sites for hydroxylation is 1. The fraction of sp³-hybridized carbons (Fsp3) is 0.429. The molecule has 19 heavy (non-hydrogen) atoms. The molecule has 3 N–H and O–H groups in total. The van der Waals surface area contributed by atoms with E-state index in [0.717, 1.165) is 15.9 Å². The Morgan fingerprint density at radius 1 is 1.37 bits per heavy atom. The highest BCUT2D eigenvalue weighted by atomic mass is 32.1. The van der Waals surface area contributed by atoms with Gasteiger partial charge < -0.3 is 11.1 Å². The summed E-state index contributed by atoms with van der Waals surface area (Å²) in [4.78, 5) is 18.0. The number of fused-ring (bicyclic) bond motifs is 1. The van der Waals surface area contributed by atoms with Crippen molar-refractivity contribution < 1.29 is 4.79 Å². The van der Waals surface area contributed by atoms with Gasteiger partial charge in [0.2, 0.25) is 0 Å². The second-order valence-corrected chi connectivity index (χ2v) is 6.16. The van der Waals surface area contributed by atoms with Crippen LogP contribution < -0.4 is 11.1 Å². The van der Waals surface area contributed by atoms with Crippen LogP contribution in [0, 0.1) is 12.8 Å². The number of carbonyl (C=O) groups excluding carboxylic acids is 1. The van der Waals surface area contributed by atoms with Gasteiger partial charge in [-0.15, -0.1) is 11.3 Å². The third-order valence-corrected chi connectivity index (χ3v) is 4.41. The summed E-state index contributed by atoms with van der Waals surface area (Å²) in [6.45, 7) is 8.07. The quantitative estimate of drug-likeness (QED) is 0.906. The van der Waals surface area contributed by atoms with Crippen LogP contribution in [-0.4, -0.2) is 16.9 Å². The number of carbonyl (C=O) groups is 1. The van der Waals surface area contributed by atoms with Crippen molar-refractivity contribution in [3.05, 3.63) is 22.7 Å². The number of nitrogens with two attached hydrogens (primary N) is 1. The molecule has 2 heterocycles. The number of hydrogen-bond acceptors (Lipinski definition) is 4. The standard InChI is InChI=1S/C14H19N3OS/c1-7(2)9(4)17-13(18)12-11(15)10-6-5-8(3)16-14(10)19-12/h5-7,9H,15H2,1-4H3,(H,17,18). The van der Waals surface area contributed by atoms with Gasteiger partial charge in [-0.2, -0.15) is 0 Å². The Kier molecular flexibility index (Phi) is 3.75. The lowest BCUT2D eigenvalue weighted by Gasteiger charge is -2.16. The summed E-state index contributed by atoms with van der Waals surface area (Å²) in [5, 5.41) is 3.83. The van der Waals surface area contributed by atoms with Crippen LogP contribution in [0.4, 0.5) is 5.69 Å². The summed E-state index contributed by atoms with van der Waals surface area (Å²) in [7, 11) is 0. The average Bonchev–Trinajstić information content (AvgIpc) is 2.66. The molecule has 1 atom stereocenters. The van der Waals surface area contributed by atoms with E-state index in [1.54, 1.807) is 0 Å². The SMILES string of the molecule is Cc1ccc2c(N)c(C(=O)NC(C)C(C)C)sc2n1. The highest BCUT2D eigenvalue weighted by Crippen LogP contribution is 2.32. The molecule has 0 aromatic carbocycles. The van der Waals surface area contributed by atoms with Gasteiger partial charge in [-0.3, -0.25) is 4.79 Å². The molecule has 0 saturated carbocycles. The molecule has 2 rings (SSSR count). The molecule has 0 aliphatic carbocycles. The van der Waals surface area contributed by atoms with Gasteiger partial charge in [0.25, 0.3) is 5.91 Å². The topological polar surface area (TPSA) is 68.0 Å². The van der Waals surface area contributed by atoms with Gasteiger partial charge in [0.1, 0.15) is 9.71 Å². The molecule has 4 nitrogen and oxygen atoms in total. The summed E-state index contributed by atoms with van der Waals surface area (Å²) in [5.41, 5.74) is 7.51. The maximum Gasteiger partial charge on any atom is 0.263 e. The number of thiophene rings is 1. The van der Waals surface area contributed by atoms with Crippen molar-refractivity contribution in [3.8, 4) is 0 Å². The fourth-order valence-corrected chi connectivity index (χ4v) is 2.74. The van der Waals surface area contributed by atoms with Gasteiger partial charge in [0.05, 0.1) is 5.69 Å². The number of hydrogen-bond donors (Lipinski definition) is 2. The first kappa shape index (κ1) is 13.8. The van der Waals surface area contributed by atoms with Crippen LogP contribution in [-0.2, 0) is 0 Å². The molecular formula is C14H19N3OS.